The fourth-order valence-electron chi connectivity index (χ4n) is 2.69. The van der Waals surface area contributed by atoms with Crippen molar-refractivity contribution in [1.82, 2.24) is 19.8 Å². The Labute approximate surface area is 142 Å². The first-order valence-electron chi connectivity index (χ1n) is 7.02. The van der Waals surface area contributed by atoms with E-state index in [9.17, 15) is 4.79 Å². The molecule has 22 heavy (non-hydrogen) atoms. The second kappa shape index (κ2) is 6.40. The first-order valence-corrected chi connectivity index (χ1v) is 8.19. The maximum absolute atomic E-state index is 12.9. The maximum atomic E-state index is 12.9. The van der Waals surface area contributed by atoms with Crippen molar-refractivity contribution in [2.45, 2.75) is 6.04 Å². The summed E-state index contributed by atoms with van der Waals surface area (Å²) in [6, 6.07) is 5.15. The van der Waals surface area contributed by atoms with Crippen LogP contribution in [0, 0.1) is 0 Å². The van der Waals surface area contributed by atoms with Crippen molar-refractivity contribution in [2.75, 3.05) is 19.6 Å². The topological polar surface area (TPSA) is 50.2 Å². The zero-order valence-corrected chi connectivity index (χ0v) is 14.4. The standard InChI is InChI=1S/C15H16BrClN4O/c1-20-6-5-19-14(20)13-9-18-4-7-21(13)15(22)11-3-2-10(17)8-12(11)16/h2-3,5-6,8,13,18H,4,7,9H2,1H3. The van der Waals surface area contributed by atoms with Crippen LogP contribution in [0.4, 0.5) is 0 Å². The van der Waals surface area contributed by atoms with Crippen molar-refractivity contribution < 1.29 is 4.79 Å². The molecule has 2 aromatic rings. The number of aryl methyl sites for hydroxylation is 1. The Morgan fingerprint density at radius 3 is 3.00 bits per heavy atom. The number of hydrogen-bond acceptors (Lipinski definition) is 3. The van der Waals surface area contributed by atoms with Crippen LogP contribution in [0.3, 0.4) is 0 Å². The normalized spacial score (nSPS) is 18.5. The van der Waals surface area contributed by atoms with Gasteiger partial charge < -0.3 is 14.8 Å². The lowest BCUT2D eigenvalue weighted by Crippen LogP contribution is -2.49. The number of aromatic nitrogens is 2. The minimum Gasteiger partial charge on any atom is -0.336 e. The number of halogens is 2. The van der Waals surface area contributed by atoms with E-state index in [1.165, 1.54) is 0 Å². The van der Waals surface area contributed by atoms with E-state index in [0.717, 1.165) is 12.4 Å². The van der Waals surface area contributed by atoms with Crippen molar-refractivity contribution in [1.29, 1.82) is 0 Å². The SMILES string of the molecule is Cn1ccnc1C1CNCCN1C(=O)c1ccc(Cl)cc1Br. The molecule has 1 saturated heterocycles. The molecule has 3 rings (SSSR count). The maximum Gasteiger partial charge on any atom is 0.255 e. The number of nitrogens with one attached hydrogen (secondary N) is 1. The first kappa shape index (κ1) is 15.5. The van der Waals surface area contributed by atoms with Gasteiger partial charge in [0, 0.05) is 48.6 Å². The van der Waals surface area contributed by atoms with Gasteiger partial charge in [0.15, 0.2) is 0 Å². The molecule has 1 aliphatic rings. The highest BCUT2D eigenvalue weighted by Gasteiger charge is 2.31. The van der Waals surface area contributed by atoms with Gasteiger partial charge in [-0.3, -0.25) is 4.79 Å². The third kappa shape index (κ3) is 2.91. The van der Waals surface area contributed by atoms with Gasteiger partial charge in [0.05, 0.1) is 5.56 Å². The van der Waals surface area contributed by atoms with Gasteiger partial charge in [-0.25, -0.2) is 4.98 Å². The number of benzene rings is 1. The summed E-state index contributed by atoms with van der Waals surface area (Å²) < 4.78 is 2.66. The summed E-state index contributed by atoms with van der Waals surface area (Å²) in [6.45, 7) is 2.12. The zero-order valence-electron chi connectivity index (χ0n) is 12.1. The van der Waals surface area contributed by atoms with Gasteiger partial charge in [0.2, 0.25) is 0 Å². The van der Waals surface area contributed by atoms with E-state index >= 15 is 0 Å². The van der Waals surface area contributed by atoms with E-state index in [1.807, 2.05) is 22.7 Å². The molecule has 116 valence electrons. The second-order valence-electron chi connectivity index (χ2n) is 5.24. The Morgan fingerprint density at radius 2 is 2.32 bits per heavy atom. The summed E-state index contributed by atoms with van der Waals surface area (Å²) in [6.07, 6.45) is 3.65. The minimum absolute atomic E-state index is 0.0157. The van der Waals surface area contributed by atoms with Crippen molar-refractivity contribution in [3.8, 4) is 0 Å². The summed E-state index contributed by atoms with van der Waals surface area (Å²) in [4.78, 5) is 19.2. The molecule has 2 heterocycles. The molecular weight excluding hydrogens is 368 g/mol. The lowest BCUT2D eigenvalue weighted by Gasteiger charge is -2.36. The number of carbonyl (C=O) groups excluding carboxylic acids is 1. The predicted octanol–water partition coefficient (Wildman–Crippen LogP) is 2.62. The number of rotatable bonds is 2. The Bertz CT molecular complexity index is 703. The number of nitrogens with zero attached hydrogens (tertiary/aromatic N) is 3. The molecule has 1 fully saturated rings. The van der Waals surface area contributed by atoms with E-state index in [1.54, 1.807) is 24.4 Å². The van der Waals surface area contributed by atoms with Crippen molar-refractivity contribution in [3.05, 3.63) is 51.5 Å². The van der Waals surface area contributed by atoms with E-state index in [2.05, 4.69) is 26.2 Å². The molecule has 1 amide bonds. The lowest BCUT2D eigenvalue weighted by atomic mass is 10.1. The van der Waals surface area contributed by atoms with E-state index < -0.39 is 0 Å². The monoisotopic (exact) mass is 382 g/mol. The highest BCUT2D eigenvalue weighted by atomic mass is 79.9. The van der Waals surface area contributed by atoms with Crippen LogP contribution in [-0.4, -0.2) is 40.0 Å². The number of imidazole rings is 1. The van der Waals surface area contributed by atoms with Gasteiger partial charge in [-0.15, -0.1) is 0 Å². The molecule has 0 spiro atoms. The van der Waals surface area contributed by atoms with Gasteiger partial charge in [-0.05, 0) is 34.1 Å². The first-order chi connectivity index (χ1) is 10.6. The zero-order chi connectivity index (χ0) is 15.7. The molecule has 1 N–H and O–H groups in total. The Hall–Kier alpha value is -1.37. The average molecular weight is 384 g/mol. The fraction of sp³-hybridized carbons (Fsp3) is 0.333. The van der Waals surface area contributed by atoms with Crippen LogP contribution in [0.2, 0.25) is 5.02 Å². The smallest absolute Gasteiger partial charge is 0.255 e. The molecule has 7 heteroatoms. The Balaban J connectivity index is 1.93. The molecule has 0 bridgehead atoms. The van der Waals surface area contributed by atoms with Crippen molar-refractivity contribution >= 4 is 33.4 Å². The van der Waals surface area contributed by atoms with E-state index in [4.69, 9.17) is 11.6 Å². The van der Waals surface area contributed by atoms with Crippen LogP contribution in [0.1, 0.15) is 22.2 Å². The Morgan fingerprint density at radius 1 is 1.50 bits per heavy atom. The van der Waals surface area contributed by atoms with Gasteiger partial charge in [-0.2, -0.15) is 0 Å². The highest BCUT2D eigenvalue weighted by Crippen LogP contribution is 2.27. The summed E-state index contributed by atoms with van der Waals surface area (Å²) in [5.41, 5.74) is 0.616. The predicted molar refractivity (Wildman–Crippen MR) is 89.0 cm³/mol. The molecule has 1 aliphatic heterocycles. The summed E-state index contributed by atoms with van der Waals surface area (Å²) in [7, 11) is 1.94. The van der Waals surface area contributed by atoms with Gasteiger partial charge in [0.25, 0.3) is 5.91 Å². The highest BCUT2D eigenvalue weighted by molar-refractivity contribution is 9.10. The molecule has 0 saturated carbocycles. The molecule has 1 unspecified atom stereocenters. The van der Waals surface area contributed by atoms with Gasteiger partial charge in [0.1, 0.15) is 11.9 Å². The summed E-state index contributed by atoms with van der Waals surface area (Å²) in [5, 5.41) is 3.93. The van der Waals surface area contributed by atoms with Crippen LogP contribution in [0.25, 0.3) is 0 Å². The molecule has 1 aromatic heterocycles. The fourth-order valence-corrected chi connectivity index (χ4v) is 3.55. The van der Waals surface area contributed by atoms with Gasteiger partial charge >= 0.3 is 0 Å². The molecular formula is C15H16BrClN4O. The molecule has 0 radical (unpaired) electrons. The molecule has 0 aliphatic carbocycles. The van der Waals surface area contributed by atoms with Crippen LogP contribution >= 0.6 is 27.5 Å². The van der Waals surface area contributed by atoms with Crippen molar-refractivity contribution in [2.24, 2.45) is 7.05 Å². The third-order valence-electron chi connectivity index (χ3n) is 3.82. The second-order valence-corrected chi connectivity index (χ2v) is 6.53. The lowest BCUT2D eigenvalue weighted by molar-refractivity contribution is 0.0620. The number of carbonyl (C=O) groups is 1. The molecule has 5 nitrogen and oxygen atoms in total. The number of amides is 1. The quantitative estimate of drug-likeness (QED) is 0.867. The van der Waals surface area contributed by atoms with Crippen LogP contribution in [0.15, 0.2) is 35.1 Å². The van der Waals surface area contributed by atoms with Gasteiger partial charge in [-0.1, -0.05) is 11.6 Å². The molecule has 1 aromatic carbocycles. The largest absolute Gasteiger partial charge is 0.336 e. The number of piperazine rings is 1. The summed E-state index contributed by atoms with van der Waals surface area (Å²) >= 11 is 9.39. The van der Waals surface area contributed by atoms with Crippen LogP contribution in [-0.2, 0) is 7.05 Å². The average Bonchev–Trinajstić information content (AvgIpc) is 2.93. The van der Waals surface area contributed by atoms with Crippen LogP contribution < -0.4 is 5.32 Å². The summed E-state index contributed by atoms with van der Waals surface area (Å²) in [5.74, 6) is 0.865. The minimum atomic E-state index is -0.0798. The Kier molecular flexibility index (Phi) is 4.52. The molecule has 1 atom stereocenters. The van der Waals surface area contributed by atoms with E-state index in [-0.39, 0.29) is 11.9 Å². The number of hydrogen-bond donors (Lipinski definition) is 1. The van der Waals surface area contributed by atoms with Crippen LogP contribution in [0.5, 0.6) is 0 Å². The third-order valence-corrected chi connectivity index (χ3v) is 4.71. The van der Waals surface area contributed by atoms with Crippen molar-refractivity contribution in [3.63, 3.8) is 0 Å². The van der Waals surface area contributed by atoms with E-state index in [0.29, 0.717) is 28.1 Å².